The zero-order valence-corrected chi connectivity index (χ0v) is 21.6. The van der Waals surface area contributed by atoms with Crippen LogP contribution in [0.5, 0.6) is 17.2 Å². The molecule has 1 N–H and O–H groups in total. The van der Waals surface area contributed by atoms with Crippen molar-refractivity contribution < 1.29 is 23.6 Å². The lowest BCUT2D eigenvalue weighted by Crippen LogP contribution is -2.41. The summed E-state index contributed by atoms with van der Waals surface area (Å²) in [6, 6.07) is 16.9. The molecule has 198 valence electrons. The second kappa shape index (κ2) is 10.6. The lowest BCUT2D eigenvalue weighted by Gasteiger charge is -2.38. The Morgan fingerprint density at radius 1 is 1.08 bits per heavy atom. The van der Waals surface area contributed by atoms with E-state index >= 15 is 0 Å². The zero-order valence-electron chi connectivity index (χ0n) is 21.6. The first-order valence-corrected chi connectivity index (χ1v) is 13.0. The third-order valence-corrected chi connectivity index (χ3v) is 6.93. The van der Waals surface area contributed by atoms with Crippen LogP contribution in [-0.2, 0) is 17.6 Å². The molecule has 8 bridgehead atoms. The highest BCUT2D eigenvalue weighted by atomic mass is 16.5. The van der Waals surface area contributed by atoms with Gasteiger partial charge in [0.25, 0.3) is 5.91 Å². The standard InChI is InChI=1S/C30H28N4O5/c1-19-12-25(39-33-19)16-28(35)34-10-8-20-13-24-6-7-27(20)29(34)21-4-2-5-23(14-21)37-11-3-9-32-30(36)22-15-26(38-24)18-31-17-22/h2,4-7,12-15,17-18,29H,3,8-11,16H2,1H3,(H,32,36). The number of rotatable bonds is 2. The molecule has 2 aromatic carbocycles. The van der Waals surface area contributed by atoms with Crippen LogP contribution in [0.1, 0.15) is 51.0 Å². The number of carbonyl (C=O) groups excluding carboxylic acids is 2. The molecule has 0 aliphatic carbocycles. The fourth-order valence-electron chi connectivity index (χ4n) is 5.12. The minimum Gasteiger partial charge on any atom is -0.494 e. The van der Waals surface area contributed by atoms with Crippen LogP contribution in [0.15, 0.2) is 71.5 Å². The topological polar surface area (TPSA) is 107 Å². The quantitative estimate of drug-likeness (QED) is 0.414. The molecule has 3 aliphatic heterocycles. The highest BCUT2D eigenvalue weighted by Crippen LogP contribution is 2.39. The highest BCUT2D eigenvalue weighted by Gasteiger charge is 2.33. The van der Waals surface area contributed by atoms with Gasteiger partial charge in [-0.25, -0.2) is 0 Å². The van der Waals surface area contributed by atoms with Crippen LogP contribution in [0.4, 0.5) is 0 Å². The molecule has 2 aromatic heterocycles. The number of hydrogen-bond acceptors (Lipinski definition) is 7. The summed E-state index contributed by atoms with van der Waals surface area (Å²) in [5, 5.41) is 6.83. The largest absolute Gasteiger partial charge is 0.494 e. The van der Waals surface area contributed by atoms with Crippen LogP contribution in [0, 0.1) is 6.92 Å². The molecule has 5 heterocycles. The first kappa shape index (κ1) is 24.7. The number of nitrogens with one attached hydrogen (secondary N) is 1. The van der Waals surface area contributed by atoms with E-state index in [1.807, 2.05) is 54.3 Å². The van der Waals surface area contributed by atoms with Gasteiger partial charge in [-0.2, -0.15) is 0 Å². The normalized spacial score (nSPS) is 16.9. The number of ether oxygens (including phenoxy) is 2. The molecule has 9 heteroatoms. The summed E-state index contributed by atoms with van der Waals surface area (Å²) in [4.78, 5) is 32.3. The molecule has 0 saturated heterocycles. The van der Waals surface area contributed by atoms with Crippen molar-refractivity contribution >= 4 is 11.8 Å². The number of benzene rings is 2. The number of carbonyl (C=O) groups is 2. The molecular formula is C30H28N4O5. The van der Waals surface area contributed by atoms with Gasteiger partial charge in [0.2, 0.25) is 5.91 Å². The molecule has 1 unspecified atom stereocenters. The maximum absolute atomic E-state index is 13.6. The van der Waals surface area contributed by atoms with E-state index in [-0.39, 0.29) is 24.3 Å². The molecule has 0 radical (unpaired) electrons. The average Bonchev–Trinajstić information content (AvgIpc) is 3.36. The maximum Gasteiger partial charge on any atom is 0.252 e. The van der Waals surface area contributed by atoms with E-state index < -0.39 is 0 Å². The lowest BCUT2D eigenvalue weighted by molar-refractivity contribution is -0.132. The molecule has 1 atom stereocenters. The van der Waals surface area contributed by atoms with Crippen molar-refractivity contribution in [3.63, 3.8) is 0 Å². The number of nitrogens with zero attached hydrogens (tertiary/aromatic N) is 3. The van der Waals surface area contributed by atoms with Crippen molar-refractivity contribution in [2.45, 2.75) is 32.2 Å². The molecule has 0 fully saturated rings. The van der Waals surface area contributed by atoms with Gasteiger partial charge in [0.05, 0.1) is 36.5 Å². The summed E-state index contributed by atoms with van der Waals surface area (Å²) in [7, 11) is 0. The minimum atomic E-state index is -0.300. The Balaban J connectivity index is 1.39. The van der Waals surface area contributed by atoms with Crippen LogP contribution in [-0.4, -0.2) is 46.6 Å². The van der Waals surface area contributed by atoms with Gasteiger partial charge in [0.1, 0.15) is 23.0 Å². The van der Waals surface area contributed by atoms with Gasteiger partial charge in [-0.15, -0.1) is 0 Å². The van der Waals surface area contributed by atoms with Gasteiger partial charge >= 0.3 is 0 Å². The molecule has 4 aromatic rings. The Morgan fingerprint density at radius 2 is 2.00 bits per heavy atom. The summed E-state index contributed by atoms with van der Waals surface area (Å²) < 4.78 is 17.5. The third kappa shape index (κ3) is 5.34. The van der Waals surface area contributed by atoms with Crippen LogP contribution >= 0.6 is 0 Å². The molecule has 3 aliphatic rings. The van der Waals surface area contributed by atoms with Crippen molar-refractivity contribution in [1.82, 2.24) is 20.4 Å². The number of fused-ring (bicyclic) bond motifs is 6. The van der Waals surface area contributed by atoms with Crippen molar-refractivity contribution in [2.75, 3.05) is 19.7 Å². The number of aromatic nitrogens is 2. The fraction of sp³-hybridized carbons (Fsp3) is 0.267. The smallest absolute Gasteiger partial charge is 0.252 e. The third-order valence-electron chi connectivity index (χ3n) is 6.93. The summed E-state index contributed by atoms with van der Waals surface area (Å²) >= 11 is 0. The van der Waals surface area contributed by atoms with E-state index in [1.165, 1.54) is 6.20 Å². The van der Waals surface area contributed by atoms with E-state index in [0.717, 1.165) is 22.4 Å². The first-order chi connectivity index (χ1) is 19.0. The lowest BCUT2D eigenvalue weighted by atomic mass is 9.87. The van der Waals surface area contributed by atoms with E-state index in [1.54, 1.807) is 18.3 Å². The molecule has 0 saturated carbocycles. The SMILES string of the molecule is Cc1cc(CC(=O)N2CCc3cc4ccc3C2c2cccc(c2)OCCCNC(=O)c2cncc(c2)O4)on1. The first-order valence-electron chi connectivity index (χ1n) is 13.0. The zero-order chi connectivity index (χ0) is 26.8. The van der Waals surface area contributed by atoms with Gasteiger partial charge < -0.3 is 24.2 Å². The Morgan fingerprint density at radius 3 is 2.87 bits per heavy atom. The van der Waals surface area contributed by atoms with Crippen molar-refractivity contribution in [1.29, 1.82) is 0 Å². The summed E-state index contributed by atoms with van der Waals surface area (Å²) in [6.07, 6.45) is 4.54. The highest BCUT2D eigenvalue weighted by molar-refractivity contribution is 5.94. The van der Waals surface area contributed by atoms with E-state index in [0.29, 0.717) is 61.1 Å². The van der Waals surface area contributed by atoms with E-state index in [9.17, 15) is 9.59 Å². The Kier molecular flexibility index (Phi) is 6.71. The number of amides is 2. The van der Waals surface area contributed by atoms with Crippen LogP contribution < -0.4 is 14.8 Å². The predicted octanol–water partition coefficient (Wildman–Crippen LogP) is 4.40. The Hall–Kier alpha value is -4.66. The number of hydrogen-bond donors (Lipinski definition) is 1. The van der Waals surface area contributed by atoms with Crippen LogP contribution in [0.3, 0.4) is 0 Å². The summed E-state index contributed by atoms with van der Waals surface area (Å²) in [6.45, 7) is 3.27. The Bertz CT molecular complexity index is 1530. The summed E-state index contributed by atoms with van der Waals surface area (Å²) in [5.74, 6) is 2.13. The van der Waals surface area contributed by atoms with Gasteiger partial charge in [-0.1, -0.05) is 23.4 Å². The minimum absolute atomic E-state index is 0.0331. The fourth-order valence-corrected chi connectivity index (χ4v) is 5.12. The maximum atomic E-state index is 13.6. The molecule has 39 heavy (non-hydrogen) atoms. The van der Waals surface area contributed by atoms with Crippen molar-refractivity contribution in [3.05, 3.63) is 101 Å². The number of aryl methyl sites for hydroxylation is 1. The van der Waals surface area contributed by atoms with Gasteiger partial charge in [0.15, 0.2) is 0 Å². The monoisotopic (exact) mass is 524 g/mol. The van der Waals surface area contributed by atoms with Gasteiger partial charge in [-0.3, -0.25) is 14.6 Å². The average molecular weight is 525 g/mol. The predicted molar refractivity (Wildman–Crippen MR) is 142 cm³/mol. The molecule has 2 amide bonds. The van der Waals surface area contributed by atoms with Crippen molar-refractivity contribution in [3.8, 4) is 17.2 Å². The van der Waals surface area contributed by atoms with Gasteiger partial charge in [-0.05, 0) is 66.8 Å². The van der Waals surface area contributed by atoms with Crippen LogP contribution in [0.25, 0.3) is 0 Å². The second-order valence-corrected chi connectivity index (χ2v) is 9.75. The molecular weight excluding hydrogens is 496 g/mol. The second-order valence-electron chi connectivity index (χ2n) is 9.75. The molecule has 9 nitrogen and oxygen atoms in total. The van der Waals surface area contributed by atoms with Crippen molar-refractivity contribution in [2.24, 2.45) is 0 Å². The van der Waals surface area contributed by atoms with Gasteiger partial charge in [0, 0.05) is 25.4 Å². The van der Waals surface area contributed by atoms with E-state index in [4.69, 9.17) is 14.0 Å². The Labute approximate surface area is 225 Å². The molecule has 0 spiro atoms. The number of pyridine rings is 1. The van der Waals surface area contributed by atoms with E-state index in [2.05, 4.69) is 15.5 Å². The van der Waals surface area contributed by atoms with Crippen LogP contribution in [0.2, 0.25) is 0 Å². The molecule has 7 rings (SSSR count). The summed E-state index contributed by atoms with van der Waals surface area (Å²) in [5.41, 5.74) is 4.24.